The summed E-state index contributed by atoms with van der Waals surface area (Å²) < 4.78 is 5.23. The number of aryl methyl sites for hydroxylation is 1. The van der Waals surface area contributed by atoms with Gasteiger partial charge in [-0.05, 0) is 25.1 Å². The van der Waals surface area contributed by atoms with E-state index in [4.69, 9.17) is 16.3 Å². The SMILES string of the molecule is C#CCOc1ccc(C)nc1C=CC(=O)O. The molecule has 0 fully saturated rings. The molecule has 1 heterocycles. The molecule has 0 aliphatic carbocycles. The molecule has 0 spiro atoms. The van der Waals surface area contributed by atoms with E-state index in [1.807, 2.05) is 6.92 Å². The van der Waals surface area contributed by atoms with Crippen LogP contribution >= 0.6 is 0 Å². The zero-order valence-corrected chi connectivity index (χ0v) is 8.80. The number of terminal acetylenes is 1. The van der Waals surface area contributed by atoms with Crippen LogP contribution in [0.2, 0.25) is 0 Å². The van der Waals surface area contributed by atoms with Crippen LogP contribution in [0.25, 0.3) is 6.08 Å². The fraction of sp³-hybridized carbons (Fsp3) is 0.167. The van der Waals surface area contributed by atoms with Crippen molar-refractivity contribution >= 4 is 12.0 Å². The first kappa shape index (κ1) is 11.8. The Morgan fingerprint density at radius 3 is 3.06 bits per heavy atom. The highest BCUT2D eigenvalue weighted by Gasteiger charge is 2.02. The number of carboxylic acids is 1. The van der Waals surface area contributed by atoms with Gasteiger partial charge in [0, 0.05) is 11.8 Å². The highest BCUT2D eigenvalue weighted by Crippen LogP contribution is 2.18. The van der Waals surface area contributed by atoms with Gasteiger partial charge in [0.2, 0.25) is 0 Å². The molecule has 0 atom stereocenters. The third-order valence-corrected chi connectivity index (χ3v) is 1.72. The number of carbonyl (C=O) groups is 1. The zero-order chi connectivity index (χ0) is 12.0. The summed E-state index contributed by atoms with van der Waals surface area (Å²) in [4.78, 5) is 14.5. The van der Waals surface area contributed by atoms with E-state index in [1.54, 1.807) is 12.1 Å². The standard InChI is InChI=1S/C12H11NO3/c1-3-8-16-11-6-4-9(2)13-10(11)5-7-12(14)15/h1,4-7H,8H2,2H3,(H,14,15). The van der Waals surface area contributed by atoms with E-state index in [0.717, 1.165) is 11.8 Å². The average molecular weight is 217 g/mol. The second-order valence-corrected chi connectivity index (χ2v) is 3.00. The summed E-state index contributed by atoms with van der Waals surface area (Å²) in [6.07, 6.45) is 7.45. The predicted molar refractivity (Wildman–Crippen MR) is 60.0 cm³/mol. The van der Waals surface area contributed by atoms with E-state index in [0.29, 0.717) is 11.4 Å². The van der Waals surface area contributed by atoms with Crippen molar-refractivity contribution in [2.24, 2.45) is 0 Å². The molecule has 1 N–H and O–H groups in total. The third-order valence-electron chi connectivity index (χ3n) is 1.72. The molecule has 0 aliphatic rings. The van der Waals surface area contributed by atoms with Crippen LogP contribution in [0.3, 0.4) is 0 Å². The molecule has 0 saturated carbocycles. The fourth-order valence-electron chi connectivity index (χ4n) is 1.08. The van der Waals surface area contributed by atoms with Gasteiger partial charge in [-0.1, -0.05) is 5.92 Å². The smallest absolute Gasteiger partial charge is 0.328 e. The summed E-state index contributed by atoms with van der Waals surface area (Å²) in [5.41, 5.74) is 1.23. The Balaban J connectivity index is 2.99. The van der Waals surface area contributed by atoms with Crippen molar-refractivity contribution in [3.63, 3.8) is 0 Å². The molecule has 1 aromatic heterocycles. The van der Waals surface area contributed by atoms with Crippen LogP contribution < -0.4 is 4.74 Å². The molecular weight excluding hydrogens is 206 g/mol. The highest BCUT2D eigenvalue weighted by atomic mass is 16.5. The maximum absolute atomic E-state index is 10.4. The molecule has 1 aromatic rings. The molecule has 1 rings (SSSR count). The molecular formula is C12H11NO3. The first-order valence-electron chi connectivity index (χ1n) is 4.58. The van der Waals surface area contributed by atoms with E-state index in [1.165, 1.54) is 6.08 Å². The van der Waals surface area contributed by atoms with E-state index in [2.05, 4.69) is 10.9 Å². The van der Waals surface area contributed by atoms with Gasteiger partial charge in [-0.25, -0.2) is 9.78 Å². The van der Waals surface area contributed by atoms with Gasteiger partial charge in [-0.2, -0.15) is 0 Å². The number of pyridine rings is 1. The second kappa shape index (κ2) is 5.56. The van der Waals surface area contributed by atoms with Crippen molar-refractivity contribution in [2.75, 3.05) is 6.61 Å². The topological polar surface area (TPSA) is 59.4 Å². The minimum absolute atomic E-state index is 0.124. The molecule has 82 valence electrons. The molecule has 0 unspecified atom stereocenters. The summed E-state index contributed by atoms with van der Waals surface area (Å²) in [7, 11) is 0. The van der Waals surface area contributed by atoms with Crippen molar-refractivity contribution in [1.29, 1.82) is 0 Å². The first-order valence-corrected chi connectivity index (χ1v) is 4.58. The lowest BCUT2D eigenvalue weighted by Gasteiger charge is -2.06. The predicted octanol–water partition coefficient (Wildman–Crippen LogP) is 1.50. The number of nitrogens with zero attached hydrogens (tertiary/aromatic N) is 1. The Hall–Kier alpha value is -2.28. The Morgan fingerprint density at radius 1 is 1.69 bits per heavy atom. The maximum atomic E-state index is 10.4. The minimum Gasteiger partial charge on any atom is -0.479 e. The van der Waals surface area contributed by atoms with Crippen LogP contribution in [0, 0.1) is 19.3 Å². The number of hydrogen-bond donors (Lipinski definition) is 1. The quantitative estimate of drug-likeness (QED) is 0.613. The van der Waals surface area contributed by atoms with Crippen molar-refractivity contribution in [3.8, 4) is 18.1 Å². The lowest BCUT2D eigenvalue weighted by molar-refractivity contribution is -0.131. The number of aromatic nitrogens is 1. The van der Waals surface area contributed by atoms with Crippen LogP contribution in [0.1, 0.15) is 11.4 Å². The van der Waals surface area contributed by atoms with Gasteiger partial charge in [0.1, 0.15) is 18.1 Å². The monoisotopic (exact) mass is 217 g/mol. The molecule has 0 aromatic carbocycles. The summed E-state index contributed by atoms with van der Waals surface area (Å²) in [5, 5.41) is 8.52. The van der Waals surface area contributed by atoms with Gasteiger partial charge in [0.15, 0.2) is 0 Å². The molecule has 16 heavy (non-hydrogen) atoms. The zero-order valence-electron chi connectivity index (χ0n) is 8.80. The van der Waals surface area contributed by atoms with Crippen LogP contribution in [0.5, 0.6) is 5.75 Å². The van der Waals surface area contributed by atoms with Crippen molar-refractivity contribution in [2.45, 2.75) is 6.92 Å². The highest BCUT2D eigenvalue weighted by molar-refractivity contribution is 5.85. The van der Waals surface area contributed by atoms with E-state index in [-0.39, 0.29) is 6.61 Å². The first-order chi connectivity index (χ1) is 7.63. The van der Waals surface area contributed by atoms with Gasteiger partial charge in [0.25, 0.3) is 0 Å². The lowest BCUT2D eigenvalue weighted by atomic mass is 10.2. The van der Waals surface area contributed by atoms with Crippen molar-refractivity contribution < 1.29 is 14.6 Å². The van der Waals surface area contributed by atoms with Gasteiger partial charge in [-0.15, -0.1) is 6.42 Å². The molecule has 4 heteroatoms. The molecule has 0 radical (unpaired) electrons. The Labute approximate surface area is 93.6 Å². The van der Waals surface area contributed by atoms with Gasteiger partial charge in [-0.3, -0.25) is 0 Å². The number of rotatable bonds is 4. The second-order valence-electron chi connectivity index (χ2n) is 3.00. The Bertz CT molecular complexity index is 458. The Morgan fingerprint density at radius 2 is 2.44 bits per heavy atom. The maximum Gasteiger partial charge on any atom is 0.328 e. The summed E-state index contributed by atoms with van der Waals surface area (Å²) in [6, 6.07) is 3.48. The Kier molecular flexibility index (Phi) is 4.10. The van der Waals surface area contributed by atoms with E-state index >= 15 is 0 Å². The largest absolute Gasteiger partial charge is 0.479 e. The summed E-state index contributed by atoms with van der Waals surface area (Å²) >= 11 is 0. The van der Waals surface area contributed by atoms with Crippen LogP contribution in [0.15, 0.2) is 18.2 Å². The van der Waals surface area contributed by atoms with E-state index in [9.17, 15) is 4.79 Å². The average Bonchev–Trinajstić information content (AvgIpc) is 2.25. The fourth-order valence-corrected chi connectivity index (χ4v) is 1.08. The van der Waals surface area contributed by atoms with Crippen LogP contribution in [-0.2, 0) is 4.79 Å². The van der Waals surface area contributed by atoms with Crippen LogP contribution in [0.4, 0.5) is 0 Å². The number of hydrogen-bond acceptors (Lipinski definition) is 3. The van der Waals surface area contributed by atoms with Gasteiger partial charge < -0.3 is 9.84 Å². The molecule has 0 amide bonds. The molecule has 0 bridgehead atoms. The summed E-state index contributed by atoms with van der Waals surface area (Å²) in [6.45, 7) is 1.93. The lowest BCUT2D eigenvalue weighted by Crippen LogP contribution is -1.98. The van der Waals surface area contributed by atoms with Crippen LogP contribution in [-0.4, -0.2) is 22.7 Å². The molecule has 0 saturated heterocycles. The number of carboxylic acid groups (broad SMARTS) is 1. The normalized spacial score (nSPS) is 10.0. The summed E-state index contributed by atoms with van der Waals surface area (Å²) in [5.74, 6) is 1.77. The van der Waals surface area contributed by atoms with Gasteiger partial charge in [0.05, 0.1) is 0 Å². The molecule has 0 aliphatic heterocycles. The minimum atomic E-state index is -1.04. The third kappa shape index (κ3) is 3.46. The van der Waals surface area contributed by atoms with E-state index < -0.39 is 5.97 Å². The van der Waals surface area contributed by atoms with Gasteiger partial charge >= 0.3 is 5.97 Å². The number of ether oxygens (including phenoxy) is 1. The molecule has 4 nitrogen and oxygen atoms in total. The van der Waals surface area contributed by atoms with Crippen molar-refractivity contribution in [1.82, 2.24) is 4.98 Å². The number of aliphatic carboxylic acids is 1. The van der Waals surface area contributed by atoms with Crippen molar-refractivity contribution in [3.05, 3.63) is 29.6 Å².